The lowest BCUT2D eigenvalue weighted by Crippen LogP contribution is -2.60. The second-order valence-corrected chi connectivity index (χ2v) is 8.98. The van der Waals surface area contributed by atoms with Gasteiger partial charge in [-0.15, -0.1) is 12.8 Å². The van der Waals surface area contributed by atoms with Gasteiger partial charge in [-0.3, -0.25) is 4.79 Å². The average molecular weight is 501 g/mol. The zero-order chi connectivity index (χ0) is 27.1. The second-order valence-electron chi connectivity index (χ2n) is 8.98. The standard InChI is InChI=1S/C15H21N3.C13H17N3O.C2H2/c1-5-12-11-18-15(16-4)10-13(12)8-9-14(6-2)17-7-3;17-8-11-1-4-15-12(7-11)16-9-13(10-16)2-5-14-6-3-13;1-2/h5-8,10-11,16-17H,3,9H2,1-2,4H3;1,4,7-8,14H,2-3,5-6,9-10H2;1-2H/b12-5-,13-8-,14-6-;;. The minimum atomic E-state index is 0.504. The highest BCUT2D eigenvalue weighted by atomic mass is 16.1. The first-order valence-corrected chi connectivity index (χ1v) is 12.6. The van der Waals surface area contributed by atoms with Crippen LogP contribution >= 0.6 is 0 Å². The van der Waals surface area contributed by atoms with Crippen molar-refractivity contribution in [1.82, 2.24) is 20.6 Å². The van der Waals surface area contributed by atoms with Crippen molar-refractivity contribution < 1.29 is 4.79 Å². The largest absolute Gasteiger partial charge is 0.373 e. The number of terminal acetylenes is 1. The summed E-state index contributed by atoms with van der Waals surface area (Å²) in [6, 6.07) is 5.67. The zero-order valence-corrected chi connectivity index (χ0v) is 22.3. The van der Waals surface area contributed by atoms with Crippen molar-refractivity contribution in [3.63, 3.8) is 0 Å². The topological polar surface area (TPSA) is 82.2 Å². The molecule has 0 aliphatic carbocycles. The summed E-state index contributed by atoms with van der Waals surface area (Å²) < 4.78 is 0. The summed E-state index contributed by atoms with van der Waals surface area (Å²) in [6.07, 6.45) is 23.8. The van der Waals surface area contributed by atoms with Crippen LogP contribution in [0.1, 0.15) is 43.5 Å². The fraction of sp³-hybridized carbons (Fsp3) is 0.367. The monoisotopic (exact) mass is 500 g/mol. The Morgan fingerprint density at radius 1 is 1.19 bits per heavy atom. The van der Waals surface area contributed by atoms with Crippen LogP contribution in [-0.2, 0) is 0 Å². The third-order valence-corrected chi connectivity index (χ3v) is 6.66. The summed E-state index contributed by atoms with van der Waals surface area (Å²) in [6.45, 7) is 12.1. The first-order valence-electron chi connectivity index (χ1n) is 12.6. The van der Waals surface area contributed by atoms with Crippen LogP contribution in [0.2, 0.25) is 0 Å². The zero-order valence-electron chi connectivity index (χ0n) is 22.3. The molecule has 0 saturated carbocycles. The molecule has 2 saturated heterocycles. The van der Waals surface area contributed by atoms with Gasteiger partial charge in [0.15, 0.2) is 0 Å². The number of nitrogens with one attached hydrogen (secondary N) is 3. The van der Waals surface area contributed by atoms with Crippen LogP contribution in [0.25, 0.3) is 12.2 Å². The summed E-state index contributed by atoms with van der Waals surface area (Å²) in [5.41, 5.74) is 2.35. The second kappa shape index (κ2) is 15.3. The average Bonchev–Trinajstić information content (AvgIpc) is 2.95. The maximum Gasteiger partial charge on any atom is 0.150 e. The van der Waals surface area contributed by atoms with Gasteiger partial charge in [0.25, 0.3) is 0 Å². The molecule has 2 fully saturated rings. The molecular formula is C30H40N6O. The minimum Gasteiger partial charge on any atom is -0.373 e. The van der Waals surface area contributed by atoms with Gasteiger partial charge in [-0.25, -0.2) is 9.97 Å². The Bertz CT molecular complexity index is 1190. The number of anilines is 2. The molecule has 1 spiro atoms. The number of carbonyl (C=O) groups excluding carboxylic acids is 1. The Hall–Kier alpha value is -3.89. The van der Waals surface area contributed by atoms with E-state index in [1.165, 1.54) is 18.1 Å². The highest BCUT2D eigenvalue weighted by molar-refractivity contribution is 5.76. The van der Waals surface area contributed by atoms with E-state index in [2.05, 4.69) is 68.5 Å². The van der Waals surface area contributed by atoms with E-state index in [4.69, 9.17) is 0 Å². The van der Waals surface area contributed by atoms with Gasteiger partial charge in [0.2, 0.25) is 0 Å². The van der Waals surface area contributed by atoms with Gasteiger partial charge in [0.1, 0.15) is 17.9 Å². The number of allylic oxidation sites excluding steroid dienone is 2. The molecule has 0 bridgehead atoms. The van der Waals surface area contributed by atoms with Gasteiger partial charge in [-0.1, -0.05) is 24.8 Å². The summed E-state index contributed by atoms with van der Waals surface area (Å²) in [5.74, 6) is 1.82. The fourth-order valence-electron chi connectivity index (χ4n) is 4.53. The molecule has 0 aromatic carbocycles. The molecule has 0 atom stereocenters. The lowest BCUT2D eigenvalue weighted by atomic mass is 9.72. The Morgan fingerprint density at radius 3 is 2.51 bits per heavy atom. The Balaban J connectivity index is 0.000000244. The number of hydrogen-bond donors (Lipinski definition) is 3. The lowest BCUT2D eigenvalue weighted by Gasteiger charge is -2.53. The van der Waals surface area contributed by atoms with Crippen LogP contribution in [0.4, 0.5) is 11.6 Å². The van der Waals surface area contributed by atoms with Crippen LogP contribution in [0.15, 0.2) is 55.1 Å². The van der Waals surface area contributed by atoms with Gasteiger partial charge in [-0.05, 0) is 74.6 Å². The van der Waals surface area contributed by atoms with E-state index in [0.717, 1.165) is 61.4 Å². The van der Waals surface area contributed by atoms with Crippen molar-refractivity contribution >= 4 is 30.1 Å². The Kier molecular flexibility index (Phi) is 12.1. The molecule has 0 unspecified atom stereocenters. The predicted molar refractivity (Wildman–Crippen MR) is 156 cm³/mol. The van der Waals surface area contributed by atoms with E-state index in [1.807, 2.05) is 39.2 Å². The third-order valence-electron chi connectivity index (χ3n) is 6.66. The van der Waals surface area contributed by atoms with Crippen molar-refractivity contribution in [3.05, 3.63) is 71.1 Å². The maximum absolute atomic E-state index is 10.7. The Labute approximate surface area is 221 Å². The van der Waals surface area contributed by atoms with E-state index < -0.39 is 0 Å². The number of pyridine rings is 2. The smallest absolute Gasteiger partial charge is 0.150 e. The number of aldehydes is 1. The van der Waals surface area contributed by atoms with Gasteiger partial charge in [0.05, 0.1) is 0 Å². The third kappa shape index (κ3) is 8.33. The van der Waals surface area contributed by atoms with Crippen LogP contribution in [0, 0.1) is 18.3 Å². The van der Waals surface area contributed by atoms with Crippen LogP contribution in [0.3, 0.4) is 0 Å². The molecule has 2 aromatic rings. The number of hydrogen-bond acceptors (Lipinski definition) is 7. The summed E-state index contributed by atoms with van der Waals surface area (Å²) in [4.78, 5) is 21.6. The van der Waals surface area contributed by atoms with Gasteiger partial charge < -0.3 is 20.9 Å². The van der Waals surface area contributed by atoms with Crippen LogP contribution in [0.5, 0.6) is 0 Å². The molecule has 4 rings (SSSR count). The minimum absolute atomic E-state index is 0.504. The molecule has 0 radical (unpaired) electrons. The first-order chi connectivity index (χ1) is 18.1. The molecule has 37 heavy (non-hydrogen) atoms. The van der Waals surface area contributed by atoms with Crippen molar-refractivity contribution in [2.45, 2.75) is 33.1 Å². The van der Waals surface area contributed by atoms with Crippen molar-refractivity contribution in [2.24, 2.45) is 5.41 Å². The molecule has 7 nitrogen and oxygen atoms in total. The quantitative estimate of drug-likeness (QED) is 0.398. The fourth-order valence-corrected chi connectivity index (χ4v) is 4.53. The van der Waals surface area contributed by atoms with E-state index in [0.29, 0.717) is 11.0 Å². The SMILES string of the molecule is C#C.C=CN/C(=C\C)C/C=c1/cc(NC)nc/c1=C/C.O=Cc1ccnc(N2CC3(CCNCC3)C2)c1. The molecule has 2 aliphatic rings. The van der Waals surface area contributed by atoms with Crippen LogP contribution < -0.4 is 31.3 Å². The number of rotatable bonds is 7. The van der Waals surface area contributed by atoms with Crippen molar-refractivity contribution in [3.8, 4) is 12.8 Å². The van der Waals surface area contributed by atoms with E-state index in [-0.39, 0.29) is 0 Å². The van der Waals surface area contributed by atoms with Crippen molar-refractivity contribution in [2.75, 3.05) is 43.4 Å². The van der Waals surface area contributed by atoms with Gasteiger partial charge >= 0.3 is 0 Å². The highest BCUT2D eigenvalue weighted by Crippen LogP contribution is 2.40. The number of nitrogens with zero attached hydrogens (tertiary/aromatic N) is 3. The van der Waals surface area contributed by atoms with E-state index >= 15 is 0 Å². The van der Waals surface area contributed by atoms with Gasteiger partial charge in [-0.2, -0.15) is 0 Å². The molecule has 7 heteroatoms. The van der Waals surface area contributed by atoms with Crippen LogP contribution in [-0.4, -0.2) is 49.5 Å². The Morgan fingerprint density at radius 2 is 1.92 bits per heavy atom. The number of carbonyl (C=O) groups is 1. The number of aromatic nitrogens is 2. The summed E-state index contributed by atoms with van der Waals surface area (Å²) in [5, 5.41) is 11.9. The maximum atomic E-state index is 10.7. The molecule has 2 aliphatic heterocycles. The number of piperidine rings is 1. The predicted octanol–water partition coefficient (Wildman–Crippen LogP) is 3.06. The first kappa shape index (κ1) is 29.3. The van der Waals surface area contributed by atoms with Crippen molar-refractivity contribution in [1.29, 1.82) is 0 Å². The highest BCUT2D eigenvalue weighted by Gasteiger charge is 2.43. The van der Waals surface area contributed by atoms with Gasteiger partial charge in [0, 0.05) is 55.6 Å². The molecule has 196 valence electrons. The molecule has 3 N–H and O–H groups in total. The lowest BCUT2D eigenvalue weighted by molar-refractivity contribution is 0.112. The normalized spacial score (nSPS) is 16.9. The van der Waals surface area contributed by atoms with E-state index in [9.17, 15) is 4.79 Å². The molecule has 4 heterocycles. The summed E-state index contributed by atoms with van der Waals surface area (Å²) in [7, 11) is 1.87. The molecule has 0 amide bonds. The summed E-state index contributed by atoms with van der Waals surface area (Å²) >= 11 is 0. The molecule has 2 aromatic heterocycles. The molecular weight excluding hydrogens is 460 g/mol. The van der Waals surface area contributed by atoms with E-state index in [1.54, 1.807) is 18.5 Å².